The third kappa shape index (κ3) is 2.63. The summed E-state index contributed by atoms with van der Waals surface area (Å²) < 4.78 is 10.9. The Morgan fingerprint density at radius 1 is 1.30 bits per heavy atom. The second-order valence-corrected chi connectivity index (χ2v) is 5.73. The van der Waals surface area contributed by atoms with Gasteiger partial charge in [0.15, 0.2) is 11.5 Å². The zero-order valence-corrected chi connectivity index (χ0v) is 12.4. The average molecular weight is 276 g/mol. The Hall–Kier alpha value is -1.26. The number of nitrogens with one attached hydrogen (secondary N) is 1. The van der Waals surface area contributed by atoms with Gasteiger partial charge in [-0.3, -0.25) is 4.90 Å². The zero-order valence-electron chi connectivity index (χ0n) is 12.4. The first-order valence-corrected chi connectivity index (χ1v) is 7.59. The highest BCUT2D eigenvalue weighted by atomic mass is 16.7. The van der Waals surface area contributed by atoms with E-state index < -0.39 is 0 Å². The maximum Gasteiger partial charge on any atom is 0.231 e. The molecule has 2 aliphatic rings. The molecule has 1 N–H and O–H groups in total. The van der Waals surface area contributed by atoms with E-state index in [4.69, 9.17) is 9.47 Å². The lowest BCUT2D eigenvalue weighted by molar-refractivity contribution is 0.103. The summed E-state index contributed by atoms with van der Waals surface area (Å²) >= 11 is 0. The summed E-state index contributed by atoms with van der Waals surface area (Å²) in [5.74, 6) is 1.75. The van der Waals surface area contributed by atoms with Crippen molar-refractivity contribution < 1.29 is 9.47 Å². The van der Waals surface area contributed by atoms with Gasteiger partial charge in [0.1, 0.15) is 0 Å². The SMILES string of the molecule is CNCC1CCCCN1C(C)c1ccc2c(c1)OCO2. The number of likely N-dealkylation sites (N-methyl/N-ethyl adjacent to an activating group) is 1. The molecule has 4 nitrogen and oxygen atoms in total. The molecule has 1 fully saturated rings. The molecule has 0 radical (unpaired) electrons. The summed E-state index contributed by atoms with van der Waals surface area (Å²) in [5.41, 5.74) is 1.32. The van der Waals surface area contributed by atoms with Crippen LogP contribution in [0.4, 0.5) is 0 Å². The smallest absolute Gasteiger partial charge is 0.231 e. The minimum atomic E-state index is 0.346. The number of benzene rings is 1. The summed E-state index contributed by atoms with van der Waals surface area (Å²) in [4.78, 5) is 2.62. The van der Waals surface area contributed by atoms with Crippen LogP contribution >= 0.6 is 0 Å². The van der Waals surface area contributed by atoms with Crippen LogP contribution in [0.25, 0.3) is 0 Å². The molecule has 0 aliphatic carbocycles. The van der Waals surface area contributed by atoms with Crippen LogP contribution in [0.2, 0.25) is 0 Å². The van der Waals surface area contributed by atoms with Crippen LogP contribution in [0.15, 0.2) is 18.2 Å². The normalized spacial score (nSPS) is 23.8. The number of fused-ring (bicyclic) bond motifs is 1. The molecule has 1 saturated heterocycles. The fourth-order valence-electron chi connectivity index (χ4n) is 3.35. The molecule has 110 valence electrons. The van der Waals surface area contributed by atoms with Crippen molar-refractivity contribution in [2.24, 2.45) is 0 Å². The van der Waals surface area contributed by atoms with Crippen molar-refractivity contribution >= 4 is 0 Å². The van der Waals surface area contributed by atoms with Crippen molar-refractivity contribution in [1.29, 1.82) is 0 Å². The van der Waals surface area contributed by atoms with E-state index in [9.17, 15) is 0 Å². The van der Waals surface area contributed by atoms with Crippen molar-refractivity contribution in [2.45, 2.75) is 38.3 Å². The molecule has 2 aliphatic heterocycles. The van der Waals surface area contributed by atoms with E-state index in [0.717, 1.165) is 18.0 Å². The lowest BCUT2D eigenvalue weighted by Gasteiger charge is -2.40. The third-order valence-corrected chi connectivity index (χ3v) is 4.49. The second kappa shape index (κ2) is 6.02. The molecule has 1 aromatic rings. The first-order chi connectivity index (χ1) is 9.79. The van der Waals surface area contributed by atoms with Crippen molar-refractivity contribution in [3.05, 3.63) is 23.8 Å². The number of hydrogen-bond acceptors (Lipinski definition) is 4. The molecule has 2 atom stereocenters. The molecule has 0 bridgehead atoms. The predicted molar refractivity (Wildman–Crippen MR) is 79.3 cm³/mol. The van der Waals surface area contributed by atoms with Gasteiger partial charge >= 0.3 is 0 Å². The average Bonchev–Trinajstić information content (AvgIpc) is 2.95. The van der Waals surface area contributed by atoms with Crippen LogP contribution in [-0.4, -0.2) is 37.9 Å². The molecule has 2 unspecified atom stereocenters. The Kier molecular flexibility index (Phi) is 4.13. The summed E-state index contributed by atoms with van der Waals surface area (Å²) in [5, 5.41) is 3.33. The first-order valence-electron chi connectivity index (χ1n) is 7.59. The van der Waals surface area contributed by atoms with Gasteiger partial charge in [0.05, 0.1) is 0 Å². The van der Waals surface area contributed by atoms with Crippen LogP contribution in [0.3, 0.4) is 0 Å². The van der Waals surface area contributed by atoms with Gasteiger partial charge in [0.25, 0.3) is 0 Å². The van der Waals surface area contributed by atoms with E-state index in [1.165, 1.54) is 31.4 Å². The largest absolute Gasteiger partial charge is 0.454 e. The minimum absolute atomic E-state index is 0.346. The van der Waals surface area contributed by atoms with Crippen LogP contribution < -0.4 is 14.8 Å². The number of likely N-dealkylation sites (tertiary alicyclic amines) is 1. The molecular weight excluding hydrogens is 252 g/mol. The van der Waals surface area contributed by atoms with E-state index in [-0.39, 0.29) is 0 Å². The quantitative estimate of drug-likeness (QED) is 0.916. The Balaban J connectivity index is 1.78. The van der Waals surface area contributed by atoms with Crippen LogP contribution in [0.1, 0.15) is 37.8 Å². The fourth-order valence-corrected chi connectivity index (χ4v) is 3.35. The summed E-state index contributed by atoms with van der Waals surface area (Å²) in [6.45, 7) is 4.89. The molecule has 3 rings (SSSR count). The summed E-state index contributed by atoms with van der Waals surface area (Å²) in [7, 11) is 2.04. The van der Waals surface area contributed by atoms with Gasteiger partial charge in [-0.05, 0) is 51.1 Å². The van der Waals surface area contributed by atoms with E-state index >= 15 is 0 Å². The van der Waals surface area contributed by atoms with Crippen LogP contribution in [0.5, 0.6) is 11.5 Å². The van der Waals surface area contributed by atoms with Crippen molar-refractivity contribution in [3.8, 4) is 11.5 Å². The van der Waals surface area contributed by atoms with Gasteiger partial charge in [-0.25, -0.2) is 0 Å². The maximum absolute atomic E-state index is 5.50. The first kappa shape index (κ1) is 13.7. The molecule has 0 spiro atoms. The van der Waals surface area contributed by atoms with Gasteiger partial charge in [-0.1, -0.05) is 12.5 Å². The van der Waals surface area contributed by atoms with Crippen molar-refractivity contribution in [1.82, 2.24) is 10.2 Å². The molecular formula is C16H24N2O2. The van der Waals surface area contributed by atoms with Gasteiger partial charge in [0, 0.05) is 18.6 Å². The number of piperidine rings is 1. The summed E-state index contributed by atoms with van der Waals surface area (Å²) in [6, 6.07) is 7.39. The third-order valence-electron chi connectivity index (χ3n) is 4.49. The molecule has 20 heavy (non-hydrogen) atoms. The van der Waals surface area contributed by atoms with Gasteiger partial charge in [0.2, 0.25) is 6.79 Å². The molecule has 4 heteroatoms. The van der Waals surface area contributed by atoms with Crippen molar-refractivity contribution in [3.63, 3.8) is 0 Å². The van der Waals surface area contributed by atoms with Gasteiger partial charge in [-0.2, -0.15) is 0 Å². The van der Waals surface area contributed by atoms with Crippen LogP contribution in [0, 0.1) is 0 Å². The maximum atomic E-state index is 5.50. The summed E-state index contributed by atoms with van der Waals surface area (Å²) in [6.07, 6.45) is 3.93. The molecule has 0 aromatic heterocycles. The standard InChI is InChI=1S/C16H24N2O2/c1-12(18-8-4-3-5-14(18)10-17-2)13-6-7-15-16(9-13)20-11-19-15/h6-7,9,12,14,17H,3-5,8,10-11H2,1-2H3. The Morgan fingerprint density at radius 2 is 2.15 bits per heavy atom. The number of ether oxygens (including phenoxy) is 2. The highest BCUT2D eigenvalue weighted by Gasteiger charge is 2.27. The Morgan fingerprint density at radius 3 is 3.00 bits per heavy atom. The molecule has 2 heterocycles. The molecule has 0 saturated carbocycles. The van der Waals surface area contributed by atoms with E-state index in [1.54, 1.807) is 0 Å². The lowest BCUT2D eigenvalue weighted by Crippen LogP contribution is -2.45. The zero-order chi connectivity index (χ0) is 13.9. The van der Waals surface area contributed by atoms with E-state index in [0.29, 0.717) is 18.9 Å². The highest BCUT2D eigenvalue weighted by molar-refractivity contribution is 5.45. The molecule has 1 aromatic carbocycles. The predicted octanol–water partition coefficient (Wildman–Crippen LogP) is 2.55. The number of nitrogens with zero attached hydrogens (tertiary/aromatic N) is 1. The van der Waals surface area contributed by atoms with E-state index in [1.807, 2.05) is 13.1 Å². The monoisotopic (exact) mass is 276 g/mol. The number of hydrogen-bond donors (Lipinski definition) is 1. The van der Waals surface area contributed by atoms with Crippen LogP contribution in [-0.2, 0) is 0 Å². The minimum Gasteiger partial charge on any atom is -0.454 e. The van der Waals surface area contributed by atoms with E-state index in [2.05, 4.69) is 29.3 Å². The topological polar surface area (TPSA) is 33.7 Å². The second-order valence-electron chi connectivity index (χ2n) is 5.73. The van der Waals surface area contributed by atoms with Crippen molar-refractivity contribution in [2.75, 3.05) is 26.9 Å². The Labute approximate surface area is 121 Å². The highest BCUT2D eigenvalue weighted by Crippen LogP contribution is 2.36. The van der Waals surface area contributed by atoms with Gasteiger partial charge in [-0.15, -0.1) is 0 Å². The lowest BCUT2D eigenvalue weighted by atomic mass is 9.97. The Bertz CT molecular complexity index is 462. The fraction of sp³-hybridized carbons (Fsp3) is 0.625. The molecule has 0 amide bonds. The van der Waals surface area contributed by atoms with Gasteiger partial charge < -0.3 is 14.8 Å². The number of rotatable bonds is 4.